The van der Waals surface area contributed by atoms with E-state index in [0.717, 1.165) is 63.2 Å². The lowest BCUT2D eigenvalue weighted by Crippen LogP contribution is -2.30. The number of allylic oxidation sites excluding steroid dienone is 4. The summed E-state index contributed by atoms with van der Waals surface area (Å²) < 4.78 is 0. The monoisotopic (exact) mass is 438 g/mol. The first kappa shape index (κ1) is 27.7. The zero-order valence-electron chi connectivity index (χ0n) is 20.1. The molecular weight excluding hydrogens is 396 g/mol. The molecule has 0 aliphatic rings. The minimum atomic E-state index is -0.920. The van der Waals surface area contributed by atoms with E-state index in [1.54, 1.807) is 0 Å². The van der Waals surface area contributed by atoms with Gasteiger partial charge in [0.05, 0.1) is 11.8 Å². The molecule has 0 saturated heterocycles. The number of ketones is 2. The van der Waals surface area contributed by atoms with E-state index >= 15 is 0 Å². The minimum absolute atomic E-state index is 0.111. The van der Waals surface area contributed by atoms with Crippen LogP contribution in [0.5, 0.6) is 0 Å². The van der Waals surface area contributed by atoms with Crippen molar-refractivity contribution in [3.05, 3.63) is 60.2 Å². The first-order valence-electron chi connectivity index (χ1n) is 12.5. The predicted octanol–water partition coefficient (Wildman–Crippen LogP) is 7.56. The lowest BCUT2D eigenvalue weighted by atomic mass is 9.80. The average Bonchev–Trinajstić information content (AvgIpc) is 2.81. The van der Waals surface area contributed by atoms with Gasteiger partial charge in [-0.25, -0.2) is 0 Å². The van der Waals surface area contributed by atoms with E-state index in [0.29, 0.717) is 6.42 Å². The Labute approximate surface area is 195 Å². The number of hydrogen-bond donors (Lipinski definition) is 0. The third kappa shape index (κ3) is 11.4. The van der Waals surface area contributed by atoms with Gasteiger partial charge in [0, 0.05) is 6.42 Å². The van der Waals surface area contributed by atoms with Crippen LogP contribution in [0, 0.1) is 5.92 Å². The van der Waals surface area contributed by atoms with Gasteiger partial charge in [-0.3, -0.25) is 9.59 Å². The molecule has 0 spiro atoms. The number of carbonyl (C=O) groups is 3. The van der Waals surface area contributed by atoms with Crippen molar-refractivity contribution in [3.8, 4) is 0 Å². The summed E-state index contributed by atoms with van der Waals surface area (Å²) in [7, 11) is 0. The van der Waals surface area contributed by atoms with E-state index in [2.05, 4.69) is 19.1 Å². The second-order valence-electron chi connectivity index (χ2n) is 8.55. The highest BCUT2D eigenvalue weighted by molar-refractivity contribution is 6.10. The van der Waals surface area contributed by atoms with Gasteiger partial charge in [-0.1, -0.05) is 94.0 Å². The maximum Gasteiger partial charge on any atom is 0.166 e. The Hall–Kier alpha value is -2.29. The molecule has 1 aromatic rings. The zero-order valence-corrected chi connectivity index (χ0v) is 20.1. The van der Waals surface area contributed by atoms with Crippen molar-refractivity contribution in [2.45, 2.75) is 96.8 Å². The second kappa shape index (κ2) is 18.3. The highest BCUT2D eigenvalue weighted by atomic mass is 16.2. The van der Waals surface area contributed by atoms with Crippen LogP contribution in [0.3, 0.4) is 0 Å². The normalized spacial score (nSPS) is 13.4. The number of unbranched alkanes of at least 4 members (excludes halogenated alkanes) is 9. The Morgan fingerprint density at radius 3 is 2.12 bits per heavy atom. The standard InChI is InChI=1S/C29H42O3/c1-3-5-7-9-11-12-14-19-23-28(32)29(26(24-30)25-20-16-15-17-21-25)27(31)22-18-13-10-8-6-4-2/h3,5,15-18,20-22,24,26,29H,4,6-14,19,23H2,1-2H3. The summed E-state index contributed by atoms with van der Waals surface area (Å²) in [5.74, 6) is -1.99. The topological polar surface area (TPSA) is 51.2 Å². The molecule has 0 fully saturated rings. The average molecular weight is 439 g/mol. The van der Waals surface area contributed by atoms with Crippen LogP contribution < -0.4 is 0 Å². The number of aldehydes is 1. The molecule has 1 rings (SSSR count). The van der Waals surface area contributed by atoms with Crippen LogP contribution in [0.1, 0.15) is 102 Å². The van der Waals surface area contributed by atoms with E-state index in [1.807, 2.05) is 43.3 Å². The van der Waals surface area contributed by atoms with E-state index < -0.39 is 11.8 Å². The number of carbonyl (C=O) groups excluding carboxylic acids is 3. The summed E-state index contributed by atoms with van der Waals surface area (Å²) in [6.07, 6.45) is 20.4. The molecule has 0 bridgehead atoms. The van der Waals surface area contributed by atoms with Crippen LogP contribution in [0.25, 0.3) is 0 Å². The Kier molecular flexibility index (Phi) is 15.9. The van der Waals surface area contributed by atoms with Crippen molar-refractivity contribution in [2.24, 2.45) is 5.92 Å². The Morgan fingerprint density at radius 2 is 1.47 bits per heavy atom. The number of rotatable bonds is 19. The highest BCUT2D eigenvalue weighted by Gasteiger charge is 2.33. The van der Waals surface area contributed by atoms with Crippen molar-refractivity contribution < 1.29 is 14.4 Å². The lowest BCUT2D eigenvalue weighted by Gasteiger charge is -2.20. The maximum absolute atomic E-state index is 13.1. The molecule has 1 aromatic carbocycles. The van der Waals surface area contributed by atoms with E-state index in [1.165, 1.54) is 25.3 Å². The van der Waals surface area contributed by atoms with Crippen molar-refractivity contribution in [1.82, 2.24) is 0 Å². The van der Waals surface area contributed by atoms with Crippen molar-refractivity contribution >= 4 is 17.9 Å². The third-order valence-electron chi connectivity index (χ3n) is 5.88. The molecule has 0 N–H and O–H groups in total. The summed E-state index contributed by atoms with van der Waals surface area (Å²) in [6.45, 7) is 4.20. The quantitative estimate of drug-likeness (QED) is 0.0736. The second-order valence-corrected chi connectivity index (χ2v) is 8.55. The third-order valence-corrected chi connectivity index (χ3v) is 5.88. The van der Waals surface area contributed by atoms with Crippen molar-refractivity contribution in [1.29, 1.82) is 0 Å². The van der Waals surface area contributed by atoms with E-state index in [-0.39, 0.29) is 11.6 Å². The molecule has 0 aromatic heterocycles. The molecule has 0 aliphatic heterocycles. The van der Waals surface area contributed by atoms with Crippen LogP contribution >= 0.6 is 0 Å². The molecule has 0 radical (unpaired) electrons. The van der Waals surface area contributed by atoms with Gasteiger partial charge in [-0.05, 0) is 50.7 Å². The van der Waals surface area contributed by atoms with Gasteiger partial charge in [-0.2, -0.15) is 0 Å². The summed E-state index contributed by atoms with van der Waals surface area (Å²) in [6, 6.07) is 9.21. The number of benzene rings is 1. The molecule has 0 amide bonds. The van der Waals surface area contributed by atoms with Crippen LogP contribution in [0.15, 0.2) is 54.6 Å². The van der Waals surface area contributed by atoms with Crippen molar-refractivity contribution in [2.75, 3.05) is 0 Å². The fourth-order valence-corrected chi connectivity index (χ4v) is 3.97. The largest absolute Gasteiger partial charge is 0.303 e. The smallest absolute Gasteiger partial charge is 0.166 e. The zero-order chi connectivity index (χ0) is 23.4. The maximum atomic E-state index is 13.1. The predicted molar refractivity (Wildman–Crippen MR) is 134 cm³/mol. The number of Topliss-reactive ketones (excluding diaryl/α,β-unsaturated/α-hetero) is 1. The Morgan fingerprint density at radius 1 is 0.844 bits per heavy atom. The lowest BCUT2D eigenvalue weighted by molar-refractivity contribution is -0.133. The highest BCUT2D eigenvalue weighted by Crippen LogP contribution is 2.27. The molecular formula is C29H42O3. The van der Waals surface area contributed by atoms with E-state index in [4.69, 9.17) is 0 Å². The number of hydrogen-bond acceptors (Lipinski definition) is 3. The van der Waals surface area contributed by atoms with Crippen LogP contribution in [-0.2, 0) is 14.4 Å². The van der Waals surface area contributed by atoms with Gasteiger partial charge in [0.2, 0.25) is 0 Å². The Bertz CT molecular complexity index is 702. The van der Waals surface area contributed by atoms with Crippen molar-refractivity contribution in [3.63, 3.8) is 0 Å². The van der Waals surface area contributed by atoms with Gasteiger partial charge in [0.15, 0.2) is 5.78 Å². The minimum Gasteiger partial charge on any atom is -0.303 e. The van der Waals surface area contributed by atoms with Gasteiger partial charge < -0.3 is 4.79 Å². The molecule has 0 saturated carbocycles. The van der Waals surface area contributed by atoms with Gasteiger partial charge in [-0.15, -0.1) is 0 Å². The van der Waals surface area contributed by atoms with Gasteiger partial charge in [0.1, 0.15) is 12.1 Å². The van der Waals surface area contributed by atoms with Crippen LogP contribution in [0.4, 0.5) is 0 Å². The molecule has 3 heteroatoms. The molecule has 3 nitrogen and oxygen atoms in total. The molecule has 0 heterocycles. The molecule has 0 aliphatic carbocycles. The van der Waals surface area contributed by atoms with E-state index in [9.17, 15) is 14.4 Å². The Balaban J connectivity index is 2.72. The first-order valence-corrected chi connectivity index (χ1v) is 12.5. The molecule has 32 heavy (non-hydrogen) atoms. The fraction of sp³-hybridized carbons (Fsp3) is 0.552. The summed E-state index contributed by atoms with van der Waals surface area (Å²) in [4.78, 5) is 38.1. The fourth-order valence-electron chi connectivity index (χ4n) is 3.97. The molecule has 2 atom stereocenters. The summed E-state index contributed by atoms with van der Waals surface area (Å²) >= 11 is 0. The van der Waals surface area contributed by atoms with Crippen LogP contribution in [0.2, 0.25) is 0 Å². The van der Waals surface area contributed by atoms with Gasteiger partial charge in [0.25, 0.3) is 0 Å². The molecule has 176 valence electrons. The van der Waals surface area contributed by atoms with Gasteiger partial charge >= 0.3 is 0 Å². The molecule has 2 unspecified atom stereocenters. The summed E-state index contributed by atoms with van der Waals surface area (Å²) in [5.41, 5.74) is 0.731. The summed E-state index contributed by atoms with van der Waals surface area (Å²) in [5, 5.41) is 0. The SMILES string of the molecule is CC=CCCCCCCCC(=O)C(C(=O)C=CCCCCCC)C(C=O)c1ccccc1. The van der Waals surface area contributed by atoms with Crippen LogP contribution in [-0.4, -0.2) is 17.9 Å². The first-order chi connectivity index (χ1) is 15.7.